The maximum Gasteiger partial charge on any atom is 0.367 e. The Morgan fingerprint density at radius 3 is 3.00 bits per heavy atom. The molecule has 112 valence electrons. The Morgan fingerprint density at radius 2 is 2.30 bits per heavy atom. The van der Waals surface area contributed by atoms with Crippen molar-refractivity contribution in [1.82, 2.24) is 9.88 Å². The third kappa shape index (κ3) is 3.77. The van der Waals surface area contributed by atoms with E-state index in [9.17, 15) is 9.90 Å². The van der Waals surface area contributed by atoms with Crippen LogP contribution < -0.4 is 0 Å². The first-order valence-corrected chi connectivity index (χ1v) is 7.99. The number of carbonyl (C=O) groups is 1. The third-order valence-electron chi connectivity index (χ3n) is 3.67. The molecule has 2 atom stereocenters. The van der Waals surface area contributed by atoms with Crippen LogP contribution in [-0.4, -0.2) is 46.8 Å². The maximum atomic E-state index is 11.6. The van der Waals surface area contributed by atoms with Gasteiger partial charge in [0, 0.05) is 18.0 Å². The number of esters is 1. The van der Waals surface area contributed by atoms with Crippen LogP contribution in [0, 0.1) is 0 Å². The monoisotopic (exact) mass is 298 g/mol. The van der Waals surface area contributed by atoms with Crippen molar-refractivity contribution in [2.75, 3.05) is 13.7 Å². The first kappa shape index (κ1) is 15.4. The molecule has 1 fully saturated rings. The summed E-state index contributed by atoms with van der Waals surface area (Å²) in [5.41, 5.74) is 0.860. The lowest BCUT2D eigenvalue weighted by molar-refractivity contribution is 0.0283. The van der Waals surface area contributed by atoms with Gasteiger partial charge in [-0.25, -0.2) is 9.78 Å². The maximum absolute atomic E-state index is 11.6. The lowest BCUT2D eigenvalue weighted by atomic mass is 9.91. The van der Waals surface area contributed by atoms with Gasteiger partial charge < -0.3 is 9.84 Å². The second-order valence-electron chi connectivity index (χ2n) is 5.20. The highest BCUT2D eigenvalue weighted by atomic mass is 32.1. The van der Waals surface area contributed by atoms with Crippen molar-refractivity contribution < 1.29 is 14.6 Å². The number of aliphatic hydroxyl groups is 1. The van der Waals surface area contributed by atoms with Gasteiger partial charge in [0.05, 0.1) is 18.4 Å². The number of aromatic nitrogens is 1. The summed E-state index contributed by atoms with van der Waals surface area (Å²) in [5, 5.41) is 12.3. The number of nitrogens with zero attached hydrogens (tertiary/aromatic N) is 2. The zero-order valence-electron chi connectivity index (χ0n) is 12.0. The molecule has 1 saturated carbocycles. The summed E-state index contributed by atoms with van der Waals surface area (Å²) in [7, 11) is 2.00. The van der Waals surface area contributed by atoms with Crippen molar-refractivity contribution in [2.45, 2.75) is 51.3 Å². The summed E-state index contributed by atoms with van der Waals surface area (Å²) in [4.78, 5) is 18.0. The van der Waals surface area contributed by atoms with Gasteiger partial charge in [-0.2, -0.15) is 0 Å². The number of likely N-dealkylation sites (N-methyl/N-ethyl adjacent to an activating group) is 1. The molecule has 0 radical (unpaired) electrons. The van der Waals surface area contributed by atoms with E-state index >= 15 is 0 Å². The van der Waals surface area contributed by atoms with Gasteiger partial charge in [0.25, 0.3) is 0 Å². The van der Waals surface area contributed by atoms with E-state index in [0.29, 0.717) is 18.2 Å². The van der Waals surface area contributed by atoms with Gasteiger partial charge in [0.2, 0.25) is 5.01 Å². The minimum absolute atomic E-state index is 0.191. The van der Waals surface area contributed by atoms with E-state index in [0.717, 1.165) is 31.4 Å². The molecule has 0 saturated heterocycles. The van der Waals surface area contributed by atoms with Gasteiger partial charge in [0.15, 0.2) is 0 Å². The van der Waals surface area contributed by atoms with Crippen LogP contribution in [0.15, 0.2) is 5.38 Å². The van der Waals surface area contributed by atoms with Crippen LogP contribution in [0.4, 0.5) is 0 Å². The summed E-state index contributed by atoms with van der Waals surface area (Å²) in [6.07, 6.45) is 3.91. The Kier molecular flexibility index (Phi) is 5.51. The van der Waals surface area contributed by atoms with Gasteiger partial charge in [-0.05, 0) is 26.8 Å². The topological polar surface area (TPSA) is 62.7 Å². The van der Waals surface area contributed by atoms with Crippen molar-refractivity contribution >= 4 is 17.3 Å². The lowest BCUT2D eigenvalue weighted by Crippen LogP contribution is -2.42. The fourth-order valence-corrected chi connectivity index (χ4v) is 3.34. The summed E-state index contributed by atoms with van der Waals surface area (Å²) < 4.78 is 4.93. The van der Waals surface area contributed by atoms with E-state index in [1.54, 1.807) is 6.92 Å². The first-order valence-electron chi connectivity index (χ1n) is 7.11. The molecule has 6 heteroatoms. The van der Waals surface area contributed by atoms with Crippen LogP contribution in [0.5, 0.6) is 0 Å². The first-order chi connectivity index (χ1) is 9.61. The summed E-state index contributed by atoms with van der Waals surface area (Å²) in [5.74, 6) is -0.357. The Balaban J connectivity index is 1.94. The van der Waals surface area contributed by atoms with Crippen LogP contribution >= 0.6 is 11.3 Å². The molecule has 1 aliphatic carbocycles. The number of thiazole rings is 1. The highest BCUT2D eigenvalue weighted by Gasteiger charge is 2.27. The Morgan fingerprint density at radius 1 is 1.55 bits per heavy atom. The SMILES string of the molecule is CCOC(=O)c1nc(CN(C)C2CCCCC2O)cs1. The Labute approximate surface area is 123 Å². The predicted molar refractivity (Wildman–Crippen MR) is 77.8 cm³/mol. The number of rotatable bonds is 5. The van der Waals surface area contributed by atoms with Crippen LogP contribution in [0.2, 0.25) is 0 Å². The van der Waals surface area contributed by atoms with Gasteiger partial charge in [-0.15, -0.1) is 11.3 Å². The molecule has 1 aromatic rings. The molecule has 1 aliphatic rings. The average Bonchev–Trinajstić information content (AvgIpc) is 2.88. The van der Waals surface area contributed by atoms with Crippen molar-refractivity contribution in [1.29, 1.82) is 0 Å². The molecule has 0 amide bonds. The second kappa shape index (κ2) is 7.15. The molecule has 5 nitrogen and oxygen atoms in total. The molecule has 0 aliphatic heterocycles. The third-order valence-corrected chi connectivity index (χ3v) is 4.54. The van der Waals surface area contributed by atoms with Crippen LogP contribution in [0.3, 0.4) is 0 Å². The van der Waals surface area contributed by atoms with E-state index < -0.39 is 0 Å². The molecular weight excluding hydrogens is 276 g/mol. The molecule has 0 spiro atoms. The number of hydrogen-bond acceptors (Lipinski definition) is 6. The fourth-order valence-electron chi connectivity index (χ4n) is 2.64. The van der Waals surface area contributed by atoms with Crippen molar-refractivity contribution in [2.24, 2.45) is 0 Å². The summed E-state index contributed by atoms with van der Waals surface area (Å²) >= 11 is 1.31. The van der Waals surface area contributed by atoms with Crippen LogP contribution in [-0.2, 0) is 11.3 Å². The van der Waals surface area contributed by atoms with E-state index in [-0.39, 0.29) is 18.1 Å². The highest BCUT2D eigenvalue weighted by molar-refractivity contribution is 7.11. The number of carbonyl (C=O) groups excluding carboxylic acids is 1. The van der Waals surface area contributed by atoms with E-state index in [1.807, 2.05) is 12.4 Å². The molecule has 20 heavy (non-hydrogen) atoms. The van der Waals surface area contributed by atoms with Crippen molar-refractivity contribution in [3.63, 3.8) is 0 Å². The minimum atomic E-state index is -0.357. The zero-order chi connectivity index (χ0) is 14.5. The molecule has 2 rings (SSSR count). The average molecular weight is 298 g/mol. The van der Waals surface area contributed by atoms with E-state index in [1.165, 1.54) is 11.3 Å². The minimum Gasteiger partial charge on any atom is -0.461 e. The summed E-state index contributed by atoms with van der Waals surface area (Å²) in [6, 6.07) is 0.191. The molecule has 1 heterocycles. The molecular formula is C14H22N2O3S. The highest BCUT2D eigenvalue weighted by Crippen LogP contribution is 2.24. The van der Waals surface area contributed by atoms with Gasteiger partial charge in [-0.3, -0.25) is 4.90 Å². The van der Waals surface area contributed by atoms with Gasteiger partial charge >= 0.3 is 5.97 Å². The van der Waals surface area contributed by atoms with E-state index in [2.05, 4.69) is 9.88 Å². The number of ether oxygens (including phenoxy) is 1. The number of aliphatic hydroxyl groups excluding tert-OH is 1. The summed E-state index contributed by atoms with van der Waals surface area (Å²) in [6.45, 7) is 2.80. The molecule has 2 unspecified atom stereocenters. The zero-order valence-corrected chi connectivity index (χ0v) is 12.9. The van der Waals surface area contributed by atoms with Gasteiger partial charge in [-0.1, -0.05) is 12.8 Å². The fraction of sp³-hybridized carbons (Fsp3) is 0.714. The molecule has 1 aromatic heterocycles. The molecule has 1 N–H and O–H groups in total. The largest absolute Gasteiger partial charge is 0.461 e. The van der Waals surface area contributed by atoms with Crippen molar-refractivity contribution in [3.8, 4) is 0 Å². The Hall–Kier alpha value is -0.980. The smallest absolute Gasteiger partial charge is 0.367 e. The number of hydrogen-bond donors (Lipinski definition) is 1. The van der Waals surface area contributed by atoms with Crippen LogP contribution in [0.1, 0.15) is 48.1 Å². The van der Waals surface area contributed by atoms with Gasteiger partial charge in [0.1, 0.15) is 0 Å². The lowest BCUT2D eigenvalue weighted by Gasteiger charge is -2.34. The Bertz CT molecular complexity index is 449. The molecule has 0 bridgehead atoms. The normalized spacial score (nSPS) is 23.0. The predicted octanol–water partition coefficient (Wildman–Crippen LogP) is 2.06. The second-order valence-corrected chi connectivity index (χ2v) is 6.06. The van der Waals surface area contributed by atoms with Crippen LogP contribution in [0.25, 0.3) is 0 Å². The standard InChI is InChI=1S/C14H22N2O3S/c1-3-19-14(18)13-15-10(9-20-13)8-16(2)11-6-4-5-7-12(11)17/h9,11-12,17H,3-8H2,1-2H3. The molecule has 0 aromatic carbocycles. The van der Waals surface area contributed by atoms with E-state index in [4.69, 9.17) is 4.74 Å². The van der Waals surface area contributed by atoms with Crippen molar-refractivity contribution in [3.05, 3.63) is 16.1 Å². The quantitative estimate of drug-likeness (QED) is 0.843.